The van der Waals surface area contributed by atoms with Gasteiger partial charge in [0.15, 0.2) is 11.5 Å². The van der Waals surface area contributed by atoms with E-state index < -0.39 is 11.9 Å². The SMILES string of the molecule is Cc1ccc2c(c1C(CN)C(=O)O)OCCO2. The predicted molar refractivity (Wildman–Crippen MR) is 61.6 cm³/mol. The molecule has 0 aromatic heterocycles. The van der Waals surface area contributed by atoms with Gasteiger partial charge in [0.2, 0.25) is 0 Å². The Morgan fingerprint density at radius 2 is 2.18 bits per heavy atom. The van der Waals surface area contributed by atoms with Crippen molar-refractivity contribution in [3.63, 3.8) is 0 Å². The Labute approximate surface area is 99.1 Å². The molecule has 1 heterocycles. The zero-order chi connectivity index (χ0) is 12.4. The summed E-state index contributed by atoms with van der Waals surface area (Å²) in [6.45, 7) is 2.80. The highest BCUT2D eigenvalue weighted by Gasteiger charge is 2.27. The third-order valence-electron chi connectivity index (χ3n) is 2.85. The lowest BCUT2D eigenvalue weighted by molar-refractivity contribution is -0.138. The number of hydrogen-bond acceptors (Lipinski definition) is 4. The van der Waals surface area contributed by atoms with Gasteiger partial charge in [0.05, 0.1) is 5.92 Å². The van der Waals surface area contributed by atoms with Crippen molar-refractivity contribution in [1.82, 2.24) is 0 Å². The van der Waals surface area contributed by atoms with Crippen molar-refractivity contribution in [1.29, 1.82) is 0 Å². The van der Waals surface area contributed by atoms with Crippen molar-refractivity contribution in [2.75, 3.05) is 19.8 Å². The Morgan fingerprint density at radius 1 is 1.47 bits per heavy atom. The van der Waals surface area contributed by atoms with Gasteiger partial charge in [-0.2, -0.15) is 0 Å². The number of carboxylic acid groups (broad SMARTS) is 1. The predicted octanol–water partition coefficient (Wildman–Crippen LogP) is 0.893. The second-order valence-electron chi connectivity index (χ2n) is 3.95. The number of nitrogens with two attached hydrogens (primary N) is 1. The molecule has 0 radical (unpaired) electrons. The molecule has 1 aromatic carbocycles. The number of carbonyl (C=O) groups is 1. The second-order valence-corrected chi connectivity index (χ2v) is 3.95. The van der Waals surface area contributed by atoms with Crippen LogP contribution in [0.1, 0.15) is 17.0 Å². The first-order valence-corrected chi connectivity index (χ1v) is 5.47. The fourth-order valence-electron chi connectivity index (χ4n) is 2.01. The standard InChI is InChI=1S/C12H15NO4/c1-7-2-3-9-11(17-5-4-16-9)10(7)8(6-13)12(14)15/h2-3,8H,4-6,13H2,1H3,(H,14,15). The van der Waals surface area contributed by atoms with E-state index in [1.807, 2.05) is 13.0 Å². The van der Waals surface area contributed by atoms with Crippen LogP contribution in [-0.4, -0.2) is 30.8 Å². The van der Waals surface area contributed by atoms with E-state index in [0.29, 0.717) is 30.3 Å². The molecular formula is C12H15NO4. The number of aryl methyl sites for hydroxylation is 1. The minimum atomic E-state index is -0.946. The van der Waals surface area contributed by atoms with E-state index in [9.17, 15) is 9.90 Å². The maximum absolute atomic E-state index is 11.2. The molecule has 1 unspecified atom stereocenters. The quantitative estimate of drug-likeness (QED) is 0.816. The Balaban J connectivity index is 2.54. The Morgan fingerprint density at radius 3 is 2.82 bits per heavy atom. The average Bonchev–Trinajstić information content (AvgIpc) is 2.32. The summed E-state index contributed by atoms with van der Waals surface area (Å²) in [5.41, 5.74) is 7.01. The largest absolute Gasteiger partial charge is 0.486 e. The molecule has 0 saturated heterocycles. The molecule has 2 rings (SSSR count). The smallest absolute Gasteiger partial charge is 0.312 e. The number of ether oxygens (including phenoxy) is 2. The number of hydrogen-bond donors (Lipinski definition) is 2. The molecular weight excluding hydrogens is 222 g/mol. The van der Waals surface area contributed by atoms with Gasteiger partial charge in [-0.1, -0.05) is 6.07 Å². The molecule has 0 aliphatic carbocycles. The van der Waals surface area contributed by atoms with Crippen LogP contribution in [-0.2, 0) is 4.79 Å². The summed E-state index contributed by atoms with van der Waals surface area (Å²) in [7, 11) is 0. The van der Waals surface area contributed by atoms with Gasteiger partial charge in [-0.25, -0.2) is 0 Å². The summed E-state index contributed by atoms with van der Waals surface area (Å²) in [6.07, 6.45) is 0. The molecule has 17 heavy (non-hydrogen) atoms. The Hall–Kier alpha value is -1.75. The third kappa shape index (κ3) is 2.06. The summed E-state index contributed by atoms with van der Waals surface area (Å²) in [6, 6.07) is 3.62. The number of fused-ring (bicyclic) bond motifs is 1. The average molecular weight is 237 g/mol. The number of benzene rings is 1. The molecule has 1 aliphatic heterocycles. The van der Waals surface area contributed by atoms with Gasteiger partial charge in [0, 0.05) is 12.1 Å². The van der Waals surface area contributed by atoms with Crippen molar-refractivity contribution >= 4 is 5.97 Å². The van der Waals surface area contributed by atoms with Crippen LogP contribution in [0.2, 0.25) is 0 Å². The maximum Gasteiger partial charge on any atom is 0.312 e. The van der Waals surface area contributed by atoms with E-state index >= 15 is 0 Å². The molecule has 0 fully saturated rings. The molecule has 3 N–H and O–H groups in total. The van der Waals surface area contributed by atoms with Crippen molar-refractivity contribution in [2.45, 2.75) is 12.8 Å². The van der Waals surface area contributed by atoms with Gasteiger partial charge in [-0.15, -0.1) is 0 Å². The lowest BCUT2D eigenvalue weighted by atomic mass is 9.93. The van der Waals surface area contributed by atoms with Crippen molar-refractivity contribution in [2.24, 2.45) is 5.73 Å². The molecule has 1 atom stereocenters. The number of carboxylic acids is 1. The highest BCUT2D eigenvalue weighted by atomic mass is 16.6. The fourth-order valence-corrected chi connectivity index (χ4v) is 2.01. The van der Waals surface area contributed by atoms with Gasteiger partial charge in [0.1, 0.15) is 13.2 Å². The minimum Gasteiger partial charge on any atom is -0.486 e. The Kier molecular flexibility index (Phi) is 3.19. The highest BCUT2D eigenvalue weighted by Crippen LogP contribution is 2.39. The third-order valence-corrected chi connectivity index (χ3v) is 2.85. The molecule has 0 saturated carbocycles. The zero-order valence-corrected chi connectivity index (χ0v) is 9.60. The van der Waals surface area contributed by atoms with E-state index in [1.165, 1.54) is 0 Å². The van der Waals surface area contributed by atoms with Crippen LogP contribution >= 0.6 is 0 Å². The van der Waals surface area contributed by atoms with E-state index in [-0.39, 0.29) is 6.54 Å². The minimum absolute atomic E-state index is 0.0377. The second kappa shape index (κ2) is 4.63. The molecule has 1 aromatic rings. The number of rotatable bonds is 3. The first kappa shape index (κ1) is 11.7. The van der Waals surface area contributed by atoms with Crippen molar-refractivity contribution in [3.8, 4) is 11.5 Å². The van der Waals surface area contributed by atoms with Gasteiger partial charge >= 0.3 is 5.97 Å². The summed E-state index contributed by atoms with van der Waals surface area (Å²) < 4.78 is 11.0. The van der Waals surface area contributed by atoms with E-state index in [1.54, 1.807) is 6.07 Å². The molecule has 0 amide bonds. The topological polar surface area (TPSA) is 81.8 Å². The normalized spacial score (nSPS) is 15.4. The van der Waals surface area contributed by atoms with Crippen LogP contribution in [0, 0.1) is 6.92 Å². The fraction of sp³-hybridized carbons (Fsp3) is 0.417. The molecule has 1 aliphatic rings. The Bertz CT molecular complexity index is 444. The molecule has 5 heteroatoms. The monoisotopic (exact) mass is 237 g/mol. The summed E-state index contributed by atoms with van der Waals surface area (Å²) in [5.74, 6) is -0.588. The molecule has 5 nitrogen and oxygen atoms in total. The summed E-state index contributed by atoms with van der Waals surface area (Å²) >= 11 is 0. The molecule has 92 valence electrons. The first-order valence-electron chi connectivity index (χ1n) is 5.47. The molecule has 0 spiro atoms. The lowest BCUT2D eigenvalue weighted by Gasteiger charge is -2.24. The molecule has 0 bridgehead atoms. The van der Waals surface area contributed by atoms with Gasteiger partial charge in [-0.05, 0) is 18.6 Å². The lowest BCUT2D eigenvalue weighted by Crippen LogP contribution is -2.25. The van der Waals surface area contributed by atoms with Gasteiger partial charge in [-0.3, -0.25) is 4.79 Å². The van der Waals surface area contributed by atoms with Crippen LogP contribution in [0.15, 0.2) is 12.1 Å². The van der Waals surface area contributed by atoms with E-state index in [4.69, 9.17) is 15.2 Å². The number of aliphatic carboxylic acids is 1. The highest BCUT2D eigenvalue weighted by molar-refractivity contribution is 5.79. The van der Waals surface area contributed by atoms with E-state index in [0.717, 1.165) is 5.56 Å². The summed E-state index contributed by atoms with van der Waals surface area (Å²) in [5, 5.41) is 9.18. The van der Waals surface area contributed by atoms with Crippen LogP contribution in [0.25, 0.3) is 0 Å². The zero-order valence-electron chi connectivity index (χ0n) is 9.60. The van der Waals surface area contributed by atoms with Crippen LogP contribution in [0.3, 0.4) is 0 Å². The van der Waals surface area contributed by atoms with Crippen LogP contribution < -0.4 is 15.2 Å². The van der Waals surface area contributed by atoms with E-state index in [2.05, 4.69) is 0 Å². The first-order chi connectivity index (χ1) is 8.15. The van der Waals surface area contributed by atoms with Gasteiger partial charge < -0.3 is 20.3 Å². The van der Waals surface area contributed by atoms with Crippen LogP contribution in [0.4, 0.5) is 0 Å². The summed E-state index contributed by atoms with van der Waals surface area (Å²) in [4.78, 5) is 11.2. The van der Waals surface area contributed by atoms with Crippen LogP contribution in [0.5, 0.6) is 11.5 Å². The maximum atomic E-state index is 11.2. The van der Waals surface area contributed by atoms with Crippen molar-refractivity contribution < 1.29 is 19.4 Å². The van der Waals surface area contributed by atoms with Crippen molar-refractivity contribution in [3.05, 3.63) is 23.3 Å². The van der Waals surface area contributed by atoms with Gasteiger partial charge in [0.25, 0.3) is 0 Å².